The summed E-state index contributed by atoms with van der Waals surface area (Å²) in [7, 11) is 4.78. The molecule has 21 heavy (non-hydrogen) atoms. The largest absolute Gasteiger partial charge is 0.497 e. The second-order valence-corrected chi connectivity index (χ2v) is 4.38. The lowest BCUT2D eigenvalue weighted by atomic mass is 10.2. The van der Waals surface area contributed by atoms with Gasteiger partial charge >= 0.3 is 5.97 Å². The Hall–Kier alpha value is -2.76. The summed E-state index contributed by atoms with van der Waals surface area (Å²) in [4.78, 5) is 17.7. The predicted octanol–water partition coefficient (Wildman–Crippen LogP) is 2.23. The zero-order valence-corrected chi connectivity index (χ0v) is 12.2. The molecule has 1 aromatic carbocycles. The van der Waals surface area contributed by atoms with Crippen LogP contribution in [-0.2, 0) is 4.74 Å². The summed E-state index contributed by atoms with van der Waals surface area (Å²) < 4.78 is 9.83. The Morgan fingerprint density at radius 3 is 2.48 bits per heavy atom. The van der Waals surface area contributed by atoms with Gasteiger partial charge in [-0.05, 0) is 30.3 Å². The molecule has 0 saturated heterocycles. The van der Waals surface area contributed by atoms with Gasteiger partial charge in [0.1, 0.15) is 11.6 Å². The van der Waals surface area contributed by atoms with Crippen LogP contribution in [0.2, 0.25) is 0 Å². The van der Waals surface area contributed by atoms with Gasteiger partial charge in [0.25, 0.3) is 0 Å². The van der Waals surface area contributed by atoms with Crippen molar-refractivity contribution in [1.82, 2.24) is 4.98 Å². The van der Waals surface area contributed by atoms with E-state index in [9.17, 15) is 4.79 Å². The summed E-state index contributed by atoms with van der Waals surface area (Å²) >= 11 is 0. The SMILES string of the molecule is COC(=O)c1cc(N(C)c2ccc(OC)cc2)ncc1N. The van der Waals surface area contributed by atoms with Crippen LogP contribution in [0.4, 0.5) is 17.2 Å². The molecule has 0 aliphatic heterocycles. The molecule has 0 radical (unpaired) electrons. The second kappa shape index (κ2) is 6.13. The lowest BCUT2D eigenvalue weighted by Gasteiger charge is -2.19. The molecular formula is C15H17N3O3. The Balaban J connectivity index is 2.34. The van der Waals surface area contributed by atoms with Gasteiger partial charge in [0.05, 0.1) is 31.7 Å². The normalized spacial score (nSPS) is 10.0. The average molecular weight is 287 g/mol. The molecule has 2 N–H and O–H groups in total. The number of hydrogen-bond donors (Lipinski definition) is 1. The first-order valence-electron chi connectivity index (χ1n) is 6.28. The Morgan fingerprint density at radius 2 is 1.90 bits per heavy atom. The zero-order valence-electron chi connectivity index (χ0n) is 12.2. The van der Waals surface area contributed by atoms with E-state index in [1.165, 1.54) is 13.3 Å². The van der Waals surface area contributed by atoms with Gasteiger partial charge in [-0.15, -0.1) is 0 Å². The van der Waals surface area contributed by atoms with E-state index < -0.39 is 5.97 Å². The second-order valence-electron chi connectivity index (χ2n) is 4.38. The number of methoxy groups -OCH3 is 2. The highest BCUT2D eigenvalue weighted by Gasteiger charge is 2.14. The van der Waals surface area contributed by atoms with E-state index in [0.717, 1.165) is 11.4 Å². The summed E-state index contributed by atoms with van der Waals surface area (Å²) in [5.74, 6) is 0.877. The smallest absolute Gasteiger partial charge is 0.340 e. The van der Waals surface area contributed by atoms with Crippen LogP contribution in [0.1, 0.15) is 10.4 Å². The fourth-order valence-corrected chi connectivity index (χ4v) is 1.86. The molecule has 1 heterocycles. The number of carbonyl (C=O) groups is 1. The average Bonchev–Trinajstić information content (AvgIpc) is 2.54. The molecule has 0 bridgehead atoms. The lowest BCUT2D eigenvalue weighted by Crippen LogP contribution is -2.14. The highest BCUT2D eigenvalue weighted by molar-refractivity contribution is 5.95. The van der Waals surface area contributed by atoms with Crippen LogP contribution < -0.4 is 15.4 Å². The van der Waals surface area contributed by atoms with Crippen molar-refractivity contribution in [3.63, 3.8) is 0 Å². The third-order valence-corrected chi connectivity index (χ3v) is 3.13. The number of aromatic nitrogens is 1. The van der Waals surface area contributed by atoms with Crippen molar-refractivity contribution in [3.05, 3.63) is 42.1 Å². The van der Waals surface area contributed by atoms with E-state index in [1.807, 2.05) is 36.2 Å². The van der Waals surface area contributed by atoms with E-state index in [2.05, 4.69) is 4.98 Å². The van der Waals surface area contributed by atoms with Crippen LogP contribution in [0, 0.1) is 0 Å². The summed E-state index contributed by atoms with van der Waals surface area (Å²) in [6.45, 7) is 0. The highest BCUT2D eigenvalue weighted by atomic mass is 16.5. The van der Waals surface area contributed by atoms with E-state index in [4.69, 9.17) is 15.2 Å². The Labute approximate surface area is 123 Å². The van der Waals surface area contributed by atoms with Crippen LogP contribution in [-0.4, -0.2) is 32.2 Å². The highest BCUT2D eigenvalue weighted by Crippen LogP contribution is 2.26. The van der Waals surface area contributed by atoms with Crippen LogP contribution in [0.5, 0.6) is 5.75 Å². The number of carbonyl (C=O) groups excluding carboxylic acids is 1. The van der Waals surface area contributed by atoms with Crippen molar-refractivity contribution in [1.29, 1.82) is 0 Å². The molecule has 0 saturated carbocycles. The Bertz CT molecular complexity index is 641. The molecule has 0 unspecified atom stereocenters. The molecule has 0 atom stereocenters. The number of esters is 1. The molecular weight excluding hydrogens is 270 g/mol. The number of nitrogens with zero attached hydrogens (tertiary/aromatic N) is 2. The number of pyridine rings is 1. The summed E-state index contributed by atoms with van der Waals surface area (Å²) in [6, 6.07) is 9.10. The van der Waals surface area contributed by atoms with Gasteiger partial charge < -0.3 is 20.1 Å². The molecule has 2 aromatic rings. The van der Waals surface area contributed by atoms with Crippen molar-refractivity contribution in [3.8, 4) is 5.75 Å². The van der Waals surface area contributed by atoms with Gasteiger partial charge in [0.15, 0.2) is 0 Å². The van der Waals surface area contributed by atoms with Crippen molar-refractivity contribution in [2.75, 3.05) is 31.9 Å². The number of ether oxygens (including phenoxy) is 2. The summed E-state index contributed by atoms with van der Waals surface area (Å²) in [6.07, 6.45) is 1.45. The Morgan fingerprint density at radius 1 is 1.24 bits per heavy atom. The number of anilines is 3. The van der Waals surface area contributed by atoms with E-state index in [1.54, 1.807) is 13.2 Å². The molecule has 110 valence electrons. The first-order chi connectivity index (χ1) is 10.1. The van der Waals surface area contributed by atoms with E-state index in [-0.39, 0.29) is 5.69 Å². The standard InChI is InChI=1S/C15H17N3O3/c1-18(10-4-6-11(20-2)7-5-10)14-8-12(15(19)21-3)13(16)9-17-14/h4-9H,16H2,1-3H3. The van der Waals surface area contributed by atoms with Crippen LogP contribution >= 0.6 is 0 Å². The fraction of sp³-hybridized carbons (Fsp3) is 0.200. The van der Waals surface area contributed by atoms with Gasteiger partial charge in [0, 0.05) is 12.7 Å². The molecule has 2 rings (SSSR count). The van der Waals surface area contributed by atoms with Gasteiger partial charge in [-0.3, -0.25) is 0 Å². The van der Waals surface area contributed by atoms with Gasteiger partial charge in [-0.1, -0.05) is 0 Å². The number of hydrogen-bond acceptors (Lipinski definition) is 6. The van der Waals surface area contributed by atoms with Crippen molar-refractivity contribution in [2.24, 2.45) is 0 Å². The van der Waals surface area contributed by atoms with Crippen molar-refractivity contribution < 1.29 is 14.3 Å². The van der Waals surface area contributed by atoms with Gasteiger partial charge in [-0.25, -0.2) is 9.78 Å². The maximum atomic E-state index is 11.7. The lowest BCUT2D eigenvalue weighted by molar-refractivity contribution is 0.0602. The number of benzene rings is 1. The van der Waals surface area contributed by atoms with Gasteiger partial charge in [-0.2, -0.15) is 0 Å². The zero-order chi connectivity index (χ0) is 15.4. The monoisotopic (exact) mass is 287 g/mol. The quantitative estimate of drug-likeness (QED) is 0.869. The minimum absolute atomic E-state index is 0.286. The number of rotatable bonds is 4. The van der Waals surface area contributed by atoms with Gasteiger partial charge in [0.2, 0.25) is 0 Å². The number of nitrogen functional groups attached to an aromatic ring is 1. The first-order valence-corrected chi connectivity index (χ1v) is 6.28. The maximum Gasteiger partial charge on any atom is 0.340 e. The minimum Gasteiger partial charge on any atom is -0.497 e. The molecule has 0 spiro atoms. The topological polar surface area (TPSA) is 77.7 Å². The van der Waals surface area contributed by atoms with E-state index in [0.29, 0.717) is 11.4 Å². The third-order valence-electron chi connectivity index (χ3n) is 3.13. The first kappa shape index (κ1) is 14.6. The predicted molar refractivity (Wildman–Crippen MR) is 81.0 cm³/mol. The summed E-state index contributed by atoms with van der Waals surface area (Å²) in [5, 5.41) is 0. The Kier molecular flexibility index (Phi) is 4.27. The molecule has 6 nitrogen and oxygen atoms in total. The third kappa shape index (κ3) is 3.05. The molecule has 0 amide bonds. The molecule has 6 heteroatoms. The minimum atomic E-state index is -0.487. The van der Waals surface area contributed by atoms with Crippen molar-refractivity contribution in [2.45, 2.75) is 0 Å². The van der Waals surface area contributed by atoms with Crippen molar-refractivity contribution >= 4 is 23.2 Å². The van der Waals surface area contributed by atoms with Crippen LogP contribution in [0.15, 0.2) is 36.5 Å². The van der Waals surface area contributed by atoms with Crippen LogP contribution in [0.25, 0.3) is 0 Å². The van der Waals surface area contributed by atoms with Crippen LogP contribution in [0.3, 0.4) is 0 Å². The summed E-state index contributed by atoms with van der Waals surface area (Å²) in [5.41, 5.74) is 7.23. The molecule has 0 aliphatic carbocycles. The maximum absolute atomic E-state index is 11.7. The molecule has 1 aromatic heterocycles. The van der Waals surface area contributed by atoms with E-state index >= 15 is 0 Å². The molecule has 0 fully saturated rings. The fourth-order valence-electron chi connectivity index (χ4n) is 1.86. The number of nitrogens with two attached hydrogens (primary N) is 1. The molecule has 0 aliphatic rings.